The van der Waals surface area contributed by atoms with Gasteiger partial charge in [0.15, 0.2) is 0 Å². The third kappa shape index (κ3) is 2.80. The van der Waals surface area contributed by atoms with E-state index in [1.165, 1.54) is 5.56 Å². The zero-order valence-electron chi connectivity index (χ0n) is 18.5. The predicted molar refractivity (Wildman–Crippen MR) is 122 cm³/mol. The molecule has 0 aromatic heterocycles. The monoisotopic (exact) mass is 440 g/mol. The average molecular weight is 441 g/mol. The summed E-state index contributed by atoms with van der Waals surface area (Å²) in [6, 6.07) is 19.5. The lowest BCUT2D eigenvalue weighted by molar-refractivity contribution is -0.145. The summed E-state index contributed by atoms with van der Waals surface area (Å²) in [6.07, 6.45) is 1.52. The van der Waals surface area contributed by atoms with Crippen molar-refractivity contribution < 1.29 is 14.3 Å². The first-order chi connectivity index (χ1) is 15.8. The van der Waals surface area contributed by atoms with Gasteiger partial charge in [-0.25, -0.2) is 4.79 Å². The van der Waals surface area contributed by atoms with Crippen molar-refractivity contribution in [1.29, 1.82) is 5.26 Å². The third-order valence-electron chi connectivity index (χ3n) is 6.65. The predicted octanol–water partition coefficient (Wildman–Crippen LogP) is 2.79. The van der Waals surface area contributed by atoms with Crippen LogP contribution in [0.1, 0.15) is 31.4 Å². The highest BCUT2D eigenvalue weighted by Crippen LogP contribution is 2.56. The molecule has 1 atom stereocenters. The molecule has 0 fully saturated rings. The van der Waals surface area contributed by atoms with Crippen molar-refractivity contribution >= 4 is 17.6 Å². The largest absolute Gasteiger partial charge is 0.450 e. The van der Waals surface area contributed by atoms with Gasteiger partial charge in [0.05, 0.1) is 16.8 Å². The summed E-state index contributed by atoms with van der Waals surface area (Å²) in [7, 11) is 0. The Morgan fingerprint density at radius 2 is 1.79 bits per heavy atom. The first-order valence-corrected chi connectivity index (χ1v) is 10.9. The van der Waals surface area contributed by atoms with Crippen LogP contribution in [-0.4, -0.2) is 24.0 Å². The van der Waals surface area contributed by atoms with Gasteiger partial charge in [-0.3, -0.25) is 4.79 Å². The van der Waals surface area contributed by atoms with Gasteiger partial charge in [-0.15, -0.1) is 0 Å². The van der Waals surface area contributed by atoms with Crippen molar-refractivity contribution in [1.82, 2.24) is 5.32 Å². The molecule has 166 valence electrons. The second kappa shape index (κ2) is 7.24. The number of nitriles is 1. The number of ether oxygens (including phenoxy) is 1. The van der Waals surface area contributed by atoms with Crippen molar-refractivity contribution in [2.24, 2.45) is 5.73 Å². The van der Waals surface area contributed by atoms with Crippen LogP contribution in [0.2, 0.25) is 0 Å². The van der Waals surface area contributed by atoms with Crippen molar-refractivity contribution in [2.75, 3.05) is 11.4 Å². The zero-order chi connectivity index (χ0) is 23.4. The van der Waals surface area contributed by atoms with Crippen molar-refractivity contribution in [3.8, 4) is 6.07 Å². The summed E-state index contributed by atoms with van der Waals surface area (Å²) < 4.78 is 5.62. The van der Waals surface area contributed by atoms with Crippen LogP contribution in [0.15, 0.2) is 77.3 Å². The number of nitrogens with one attached hydrogen (secondary N) is 1. The van der Waals surface area contributed by atoms with Gasteiger partial charge < -0.3 is 20.7 Å². The van der Waals surface area contributed by atoms with Crippen molar-refractivity contribution in [3.05, 3.63) is 88.4 Å². The van der Waals surface area contributed by atoms with E-state index in [1.54, 1.807) is 30.9 Å². The molecule has 1 amide bonds. The molecule has 33 heavy (non-hydrogen) atoms. The fourth-order valence-electron chi connectivity index (χ4n) is 5.20. The zero-order valence-corrected chi connectivity index (χ0v) is 18.5. The minimum absolute atomic E-state index is 0.0268. The number of para-hydroxylation sites is 1. The molecular weight excluding hydrogens is 416 g/mol. The Bertz CT molecular complexity index is 1290. The number of carbonyl (C=O) groups is 2. The molecule has 1 spiro atoms. The smallest absolute Gasteiger partial charge is 0.338 e. The maximum atomic E-state index is 14.2. The Hall–Kier alpha value is -4.05. The number of esters is 1. The molecule has 0 bridgehead atoms. The summed E-state index contributed by atoms with van der Waals surface area (Å²) in [5.74, 6) is -0.895. The molecule has 2 aromatic rings. The van der Waals surface area contributed by atoms with Crippen LogP contribution >= 0.6 is 0 Å². The number of nitrogens with two attached hydrogens (primary N) is 1. The van der Waals surface area contributed by atoms with E-state index in [-0.39, 0.29) is 22.9 Å². The van der Waals surface area contributed by atoms with Crippen molar-refractivity contribution in [2.45, 2.75) is 37.7 Å². The third-order valence-corrected chi connectivity index (χ3v) is 6.65. The normalized spacial score (nSPS) is 22.8. The number of nitrogens with zero attached hydrogens (tertiary/aromatic N) is 2. The van der Waals surface area contributed by atoms with E-state index in [2.05, 4.69) is 23.5 Å². The van der Waals surface area contributed by atoms with E-state index in [1.807, 2.05) is 30.3 Å². The lowest BCUT2D eigenvalue weighted by Gasteiger charge is -2.34. The molecule has 0 radical (unpaired) electrons. The minimum atomic E-state index is -1.62. The van der Waals surface area contributed by atoms with Gasteiger partial charge in [0, 0.05) is 17.8 Å². The summed E-state index contributed by atoms with van der Waals surface area (Å²) in [6.45, 7) is 3.92. The lowest BCUT2D eigenvalue weighted by atomic mass is 9.67. The van der Waals surface area contributed by atoms with E-state index < -0.39 is 17.0 Å². The molecule has 0 unspecified atom stereocenters. The molecule has 7 nitrogen and oxygen atoms in total. The van der Waals surface area contributed by atoms with Crippen LogP contribution < -0.4 is 16.0 Å². The number of cyclic esters (lactones) is 1. The Labute approximate surface area is 192 Å². The molecule has 0 aliphatic carbocycles. The lowest BCUT2D eigenvalue weighted by Crippen LogP contribution is -2.50. The molecule has 5 rings (SSSR count). The number of anilines is 1. The number of aryl methyl sites for hydroxylation is 1. The van der Waals surface area contributed by atoms with Crippen LogP contribution in [-0.2, 0) is 26.2 Å². The SMILES string of the molecule is CC1(C)OC(=O)C2=C1NC(N)=C(C#N)[C@]21C(=O)N(CCCc2ccccc2)c2ccccc21. The number of carbonyl (C=O) groups excluding carboxylic acids is 2. The molecule has 2 aromatic carbocycles. The summed E-state index contributed by atoms with van der Waals surface area (Å²) in [5.41, 5.74) is 6.72. The van der Waals surface area contributed by atoms with Crippen LogP contribution in [0.25, 0.3) is 0 Å². The first kappa shape index (κ1) is 20.8. The number of hydrogen-bond acceptors (Lipinski definition) is 6. The van der Waals surface area contributed by atoms with Crippen molar-refractivity contribution in [3.63, 3.8) is 0 Å². The Kier molecular flexibility index (Phi) is 4.57. The first-order valence-electron chi connectivity index (χ1n) is 10.9. The van der Waals surface area contributed by atoms with Gasteiger partial charge in [-0.05, 0) is 38.3 Å². The van der Waals surface area contributed by atoms with E-state index in [9.17, 15) is 14.9 Å². The van der Waals surface area contributed by atoms with Gasteiger partial charge >= 0.3 is 5.97 Å². The highest BCUT2D eigenvalue weighted by atomic mass is 16.6. The Balaban J connectivity index is 1.64. The average Bonchev–Trinajstić information content (AvgIpc) is 3.17. The quantitative estimate of drug-likeness (QED) is 0.708. The molecule has 0 saturated heterocycles. The highest BCUT2D eigenvalue weighted by Gasteiger charge is 2.64. The minimum Gasteiger partial charge on any atom is -0.450 e. The van der Waals surface area contributed by atoms with E-state index >= 15 is 0 Å². The fraction of sp³-hybridized carbons (Fsp3) is 0.269. The van der Waals surface area contributed by atoms with E-state index in [4.69, 9.17) is 10.5 Å². The number of amides is 1. The molecule has 3 aliphatic rings. The number of hydrogen-bond donors (Lipinski definition) is 2. The van der Waals surface area contributed by atoms with E-state index in [0.29, 0.717) is 23.5 Å². The van der Waals surface area contributed by atoms with Crippen LogP contribution in [0, 0.1) is 11.3 Å². The summed E-state index contributed by atoms with van der Waals surface area (Å²) in [5, 5.41) is 13.1. The van der Waals surface area contributed by atoms with Gasteiger partial charge in [-0.2, -0.15) is 5.26 Å². The van der Waals surface area contributed by atoms with Crippen LogP contribution in [0.5, 0.6) is 0 Å². The number of rotatable bonds is 4. The molecule has 3 heterocycles. The summed E-state index contributed by atoms with van der Waals surface area (Å²) >= 11 is 0. The standard InChI is InChI=1S/C26H24N4O3/c1-25(2)21-20(23(31)33-25)26(18(15-27)22(28)29-21)17-12-6-7-13-19(17)30(24(26)32)14-8-11-16-9-4-3-5-10-16/h3-7,9-10,12-13,29H,8,11,14,28H2,1-2H3/t26-/m0/s1. The van der Waals surface area contributed by atoms with Gasteiger partial charge in [0.1, 0.15) is 22.9 Å². The number of benzene rings is 2. The second-order valence-electron chi connectivity index (χ2n) is 8.99. The maximum absolute atomic E-state index is 14.2. The van der Waals surface area contributed by atoms with Crippen LogP contribution in [0.4, 0.5) is 5.69 Å². The highest BCUT2D eigenvalue weighted by molar-refractivity contribution is 6.19. The van der Waals surface area contributed by atoms with E-state index in [0.717, 1.165) is 12.8 Å². The van der Waals surface area contributed by atoms with Gasteiger partial charge in [0.2, 0.25) is 5.91 Å². The second-order valence-corrected chi connectivity index (χ2v) is 8.99. The van der Waals surface area contributed by atoms with Crippen LogP contribution in [0.3, 0.4) is 0 Å². The number of dihydropyridines is 1. The molecule has 3 aliphatic heterocycles. The molecule has 7 heteroatoms. The number of fused-ring (bicyclic) bond motifs is 3. The van der Waals surface area contributed by atoms with Gasteiger partial charge in [0.25, 0.3) is 0 Å². The fourth-order valence-corrected chi connectivity index (χ4v) is 5.20. The summed E-state index contributed by atoms with van der Waals surface area (Å²) in [4.78, 5) is 29.0. The maximum Gasteiger partial charge on any atom is 0.338 e. The Morgan fingerprint density at radius 1 is 1.09 bits per heavy atom. The topological polar surface area (TPSA) is 108 Å². The molecule has 3 N–H and O–H groups in total. The molecule has 0 saturated carbocycles. The van der Waals surface area contributed by atoms with Gasteiger partial charge in [-0.1, -0.05) is 48.5 Å². The molecular formula is C26H24N4O3. The Morgan fingerprint density at radius 3 is 2.52 bits per heavy atom.